The number of aromatic carboxylic acids is 1. The normalized spacial score (nSPS) is 16.7. The molecule has 0 fully saturated rings. The van der Waals surface area contributed by atoms with Crippen molar-refractivity contribution in [1.82, 2.24) is 15.3 Å². The van der Waals surface area contributed by atoms with Crippen LogP contribution >= 0.6 is 11.6 Å². The zero-order valence-electron chi connectivity index (χ0n) is 20.1. The molecule has 2 aromatic heterocycles. The number of rotatable bonds is 6. The summed E-state index contributed by atoms with van der Waals surface area (Å²) in [5, 5.41) is 21.7. The van der Waals surface area contributed by atoms with Gasteiger partial charge in [0.15, 0.2) is 12.4 Å². The molecule has 1 aliphatic rings. The lowest BCUT2D eigenvalue weighted by Gasteiger charge is -2.21. The topological polar surface area (TPSA) is 151 Å². The summed E-state index contributed by atoms with van der Waals surface area (Å²) in [5.74, 6) is -1.71. The molecule has 0 radical (unpaired) electrons. The van der Waals surface area contributed by atoms with E-state index in [0.29, 0.717) is 16.3 Å². The second-order valence-corrected chi connectivity index (χ2v) is 8.97. The minimum Gasteiger partial charge on any atom is -0.480 e. The van der Waals surface area contributed by atoms with Crippen molar-refractivity contribution in [2.45, 2.75) is 33.2 Å². The monoisotopic (exact) mass is 512 g/mol. The van der Waals surface area contributed by atoms with Crippen molar-refractivity contribution >= 4 is 46.2 Å². The molecule has 1 amide bonds. The van der Waals surface area contributed by atoms with Gasteiger partial charge in [0.1, 0.15) is 22.5 Å². The van der Waals surface area contributed by atoms with Gasteiger partial charge in [0.2, 0.25) is 0 Å². The number of aliphatic carboxylic acids is 1. The van der Waals surface area contributed by atoms with Crippen molar-refractivity contribution < 1.29 is 29.3 Å². The van der Waals surface area contributed by atoms with E-state index < -0.39 is 24.1 Å². The average molecular weight is 513 g/mol. The van der Waals surface area contributed by atoms with Crippen molar-refractivity contribution in [2.75, 3.05) is 6.61 Å². The van der Waals surface area contributed by atoms with E-state index in [4.69, 9.17) is 21.4 Å². The Balaban J connectivity index is 0.000000205. The van der Waals surface area contributed by atoms with E-state index in [1.54, 1.807) is 50.5 Å². The number of ether oxygens (including phenoxy) is 1. The van der Waals surface area contributed by atoms with E-state index in [1.807, 2.05) is 13.8 Å². The highest BCUT2D eigenvalue weighted by molar-refractivity contribution is 6.35. The maximum atomic E-state index is 12.1. The smallest absolute Gasteiger partial charge is 0.341 e. The number of nitrogens with zero attached hydrogens (tertiary/aromatic N) is 3. The fourth-order valence-electron chi connectivity index (χ4n) is 3.34. The van der Waals surface area contributed by atoms with E-state index in [9.17, 15) is 19.5 Å². The van der Waals surface area contributed by atoms with Gasteiger partial charge in [-0.1, -0.05) is 25.4 Å². The van der Waals surface area contributed by atoms with Crippen LogP contribution in [0, 0.1) is 12.8 Å². The fourth-order valence-corrected chi connectivity index (χ4v) is 3.55. The molecule has 188 valence electrons. The first-order valence-electron chi connectivity index (χ1n) is 10.9. The Bertz CT molecular complexity index is 1370. The lowest BCUT2D eigenvalue weighted by molar-refractivity contribution is -0.139. The number of aliphatic imine (C=N–C) groups is 1. The average Bonchev–Trinajstić information content (AvgIpc) is 3.14. The first-order chi connectivity index (χ1) is 16.9. The summed E-state index contributed by atoms with van der Waals surface area (Å²) < 4.78 is 5.12. The van der Waals surface area contributed by atoms with Crippen LogP contribution < -0.4 is 10.1 Å². The Labute approximate surface area is 212 Å². The van der Waals surface area contributed by atoms with Gasteiger partial charge in [-0.15, -0.1) is 0 Å². The molecule has 0 spiro atoms. The predicted molar refractivity (Wildman–Crippen MR) is 134 cm³/mol. The van der Waals surface area contributed by atoms with Gasteiger partial charge in [-0.3, -0.25) is 14.8 Å². The summed E-state index contributed by atoms with van der Waals surface area (Å²) in [5.41, 5.74) is 0.648. The molecule has 11 heteroatoms. The Morgan fingerprint density at radius 3 is 2.53 bits per heavy atom. The first kappa shape index (κ1) is 26.6. The molecule has 36 heavy (non-hydrogen) atoms. The van der Waals surface area contributed by atoms with E-state index >= 15 is 0 Å². The van der Waals surface area contributed by atoms with Crippen LogP contribution in [-0.2, 0) is 9.59 Å². The lowest BCUT2D eigenvalue weighted by Crippen LogP contribution is -2.41. The number of halogens is 1. The number of hydrogen-bond acceptors (Lipinski definition) is 7. The second kappa shape index (κ2) is 10.7. The number of carboxylic acids is 2. The van der Waals surface area contributed by atoms with Crippen molar-refractivity contribution in [2.24, 2.45) is 10.9 Å². The fraction of sp³-hybridized carbons (Fsp3) is 0.280. The number of amidine groups is 1. The number of aromatic nitrogens is 2. The van der Waals surface area contributed by atoms with Gasteiger partial charge in [-0.25, -0.2) is 14.6 Å². The van der Waals surface area contributed by atoms with Gasteiger partial charge in [-0.05, 0) is 55.7 Å². The standard InChI is InChI=1S/C14H17N3O3.C11H8ClNO3/c1-7(2)14(4)13(20)16-11(17-14)10-9(12(18)19)5-8(3)6-15-10;12-8-3-4-9(16-6-10(14)15)11-7(8)2-1-5-13-11/h5-7H,1-4H3,(H,18,19)(H,16,17,20);1-5H,6H2,(H,14,15). The molecule has 10 nitrogen and oxygen atoms in total. The molecule has 3 N–H and O–H groups in total. The minimum atomic E-state index is -1.09. The van der Waals surface area contributed by atoms with Gasteiger partial charge in [-0.2, -0.15) is 0 Å². The minimum absolute atomic E-state index is 0.00118. The number of pyridine rings is 2. The van der Waals surface area contributed by atoms with Crippen LogP contribution in [-0.4, -0.2) is 56.0 Å². The number of hydrogen-bond donors (Lipinski definition) is 3. The van der Waals surface area contributed by atoms with Crippen LogP contribution in [0.5, 0.6) is 5.75 Å². The number of amides is 1. The van der Waals surface area contributed by atoms with Crippen LogP contribution in [0.2, 0.25) is 5.02 Å². The van der Waals surface area contributed by atoms with Crippen molar-refractivity contribution in [3.8, 4) is 5.75 Å². The zero-order valence-corrected chi connectivity index (χ0v) is 20.8. The Kier molecular flexibility index (Phi) is 7.89. The Morgan fingerprint density at radius 2 is 1.92 bits per heavy atom. The highest BCUT2D eigenvalue weighted by atomic mass is 35.5. The predicted octanol–water partition coefficient (Wildman–Crippen LogP) is 3.73. The number of carbonyl (C=O) groups is 3. The molecule has 1 aliphatic heterocycles. The third-order valence-corrected chi connectivity index (χ3v) is 6.00. The first-order valence-corrected chi connectivity index (χ1v) is 11.3. The molecule has 3 heterocycles. The molecule has 4 rings (SSSR count). The number of nitrogens with one attached hydrogen (secondary N) is 1. The summed E-state index contributed by atoms with van der Waals surface area (Å²) in [6, 6.07) is 8.35. The second-order valence-electron chi connectivity index (χ2n) is 8.56. The van der Waals surface area contributed by atoms with Gasteiger partial charge >= 0.3 is 11.9 Å². The molecule has 0 bridgehead atoms. The number of carbonyl (C=O) groups excluding carboxylic acids is 1. The van der Waals surface area contributed by atoms with Crippen molar-refractivity contribution in [3.63, 3.8) is 0 Å². The molecule has 1 aromatic carbocycles. The highest BCUT2D eigenvalue weighted by Gasteiger charge is 2.43. The van der Waals surface area contributed by atoms with Gasteiger partial charge < -0.3 is 20.3 Å². The van der Waals surface area contributed by atoms with Crippen molar-refractivity contribution in [1.29, 1.82) is 0 Å². The van der Waals surface area contributed by atoms with Gasteiger partial charge in [0.05, 0.1) is 10.6 Å². The molecule has 0 saturated carbocycles. The Morgan fingerprint density at radius 1 is 1.19 bits per heavy atom. The molecular weight excluding hydrogens is 488 g/mol. The van der Waals surface area contributed by atoms with Gasteiger partial charge in [0.25, 0.3) is 5.91 Å². The summed E-state index contributed by atoms with van der Waals surface area (Å²) >= 11 is 5.98. The number of fused-ring (bicyclic) bond motifs is 1. The van der Waals surface area contributed by atoms with E-state index in [2.05, 4.69) is 20.3 Å². The maximum absolute atomic E-state index is 12.1. The molecule has 1 unspecified atom stereocenters. The maximum Gasteiger partial charge on any atom is 0.341 e. The van der Waals surface area contributed by atoms with Crippen LogP contribution in [0.25, 0.3) is 10.9 Å². The molecule has 0 aliphatic carbocycles. The van der Waals surface area contributed by atoms with E-state index in [0.717, 1.165) is 10.9 Å². The number of benzene rings is 1. The van der Waals surface area contributed by atoms with E-state index in [1.165, 1.54) is 6.07 Å². The van der Waals surface area contributed by atoms with Crippen LogP contribution in [0.15, 0.2) is 47.7 Å². The van der Waals surface area contributed by atoms with Crippen LogP contribution in [0.4, 0.5) is 0 Å². The van der Waals surface area contributed by atoms with E-state index in [-0.39, 0.29) is 28.9 Å². The third-order valence-electron chi connectivity index (χ3n) is 5.67. The molecular formula is C25H25ClN4O6. The summed E-state index contributed by atoms with van der Waals surface area (Å²) in [6.07, 6.45) is 3.16. The quantitative estimate of drug-likeness (QED) is 0.452. The molecule has 0 saturated heterocycles. The highest BCUT2D eigenvalue weighted by Crippen LogP contribution is 2.29. The van der Waals surface area contributed by atoms with Crippen molar-refractivity contribution in [3.05, 3.63) is 64.6 Å². The SMILES string of the molecule is Cc1cnc(C2=NC(C)(C(C)C)C(=O)N2)c(C(=O)O)c1.O=C(O)COc1ccc(Cl)c2cccnc12. The summed E-state index contributed by atoms with van der Waals surface area (Å²) in [7, 11) is 0. The summed E-state index contributed by atoms with van der Waals surface area (Å²) in [6.45, 7) is 6.89. The number of carboxylic acid groups (broad SMARTS) is 2. The van der Waals surface area contributed by atoms with Crippen LogP contribution in [0.3, 0.4) is 0 Å². The number of aryl methyl sites for hydroxylation is 1. The lowest BCUT2D eigenvalue weighted by atomic mass is 9.89. The third kappa shape index (κ3) is 5.60. The largest absolute Gasteiger partial charge is 0.480 e. The Hall–Kier alpha value is -4.05. The van der Waals surface area contributed by atoms with Gasteiger partial charge in [0, 0.05) is 17.8 Å². The zero-order chi connectivity index (χ0) is 26.6. The molecule has 1 atom stereocenters. The molecule has 3 aromatic rings. The summed E-state index contributed by atoms with van der Waals surface area (Å²) in [4.78, 5) is 46.4. The van der Waals surface area contributed by atoms with Crippen LogP contribution in [0.1, 0.15) is 42.4 Å².